The van der Waals surface area contributed by atoms with Crippen LogP contribution in [0, 0.1) is 0 Å². The Morgan fingerprint density at radius 3 is 2.68 bits per heavy atom. The van der Waals surface area contributed by atoms with E-state index in [2.05, 4.69) is 36.9 Å². The molecule has 0 bridgehead atoms. The lowest BCUT2D eigenvalue weighted by Gasteiger charge is -2.15. The first-order valence-corrected chi connectivity index (χ1v) is 9.75. The maximum absolute atomic E-state index is 5.98. The predicted octanol–water partition coefficient (Wildman–Crippen LogP) is 4.83. The monoisotopic (exact) mass is 465 g/mol. The van der Waals surface area contributed by atoms with Crippen molar-refractivity contribution >= 4 is 28.3 Å². The van der Waals surface area contributed by atoms with E-state index in [1.165, 1.54) is 0 Å². The average molecular weight is 467 g/mol. The molecule has 0 aliphatic carbocycles. The van der Waals surface area contributed by atoms with E-state index < -0.39 is 0 Å². The summed E-state index contributed by atoms with van der Waals surface area (Å²) in [6.07, 6.45) is 6.68. The predicted molar refractivity (Wildman–Crippen MR) is 117 cm³/mol. The van der Waals surface area contributed by atoms with Crippen LogP contribution in [0.2, 0.25) is 0 Å². The summed E-state index contributed by atoms with van der Waals surface area (Å²) in [4.78, 5) is 4.05. The van der Waals surface area contributed by atoms with Gasteiger partial charge in [0.15, 0.2) is 11.5 Å². The molecule has 1 N–H and O–H groups in total. The van der Waals surface area contributed by atoms with E-state index >= 15 is 0 Å². The molecule has 28 heavy (non-hydrogen) atoms. The van der Waals surface area contributed by atoms with E-state index in [0.29, 0.717) is 6.61 Å². The Bertz CT molecular complexity index is 829. The van der Waals surface area contributed by atoms with Crippen LogP contribution in [0.3, 0.4) is 0 Å². The molecule has 0 aliphatic rings. The van der Waals surface area contributed by atoms with Crippen molar-refractivity contribution in [2.75, 3.05) is 13.7 Å². The van der Waals surface area contributed by atoms with Crippen LogP contribution in [0.25, 0.3) is 0 Å². The second-order valence-corrected chi connectivity index (χ2v) is 7.07. The van der Waals surface area contributed by atoms with Crippen molar-refractivity contribution in [1.82, 2.24) is 14.9 Å². The van der Waals surface area contributed by atoms with Crippen molar-refractivity contribution in [3.63, 3.8) is 0 Å². The van der Waals surface area contributed by atoms with Gasteiger partial charge in [-0.1, -0.05) is 30.3 Å². The lowest BCUT2D eigenvalue weighted by molar-refractivity contribution is 0.282. The highest BCUT2D eigenvalue weighted by Crippen LogP contribution is 2.37. The van der Waals surface area contributed by atoms with Gasteiger partial charge in [-0.15, -0.1) is 12.4 Å². The Morgan fingerprint density at radius 2 is 1.96 bits per heavy atom. The van der Waals surface area contributed by atoms with Gasteiger partial charge in [-0.25, -0.2) is 4.98 Å². The van der Waals surface area contributed by atoms with Crippen molar-refractivity contribution < 1.29 is 9.47 Å². The topological polar surface area (TPSA) is 48.3 Å². The molecule has 0 aliphatic heterocycles. The number of hydrogen-bond acceptors (Lipinski definition) is 4. The number of benzene rings is 2. The Balaban J connectivity index is 0.00000280. The fourth-order valence-electron chi connectivity index (χ4n) is 2.78. The molecule has 1 heterocycles. The Hall–Kier alpha value is -2.02. The third-order valence-corrected chi connectivity index (χ3v) is 4.76. The third-order valence-electron chi connectivity index (χ3n) is 4.17. The van der Waals surface area contributed by atoms with Gasteiger partial charge in [0.1, 0.15) is 6.61 Å². The van der Waals surface area contributed by atoms with Crippen molar-refractivity contribution in [3.8, 4) is 11.5 Å². The number of methoxy groups -OCH3 is 1. The minimum absolute atomic E-state index is 0. The van der Waals surface area contributed by atoms with Gasteiger partial charge in [-0.05, 0) is 52.2 Å². The molecule has 150 valence electrons. The van der Waals surface area contributed by atoms with Crippen molar-refractivity contribution in [2.45, 2.75) is 26.1 Å². The largest absolute Gasteiger partial charge is 0.493 e. The first-order valence-electron chi connectivity index (χ1n) is 8.96. The zero-order valence-corrected chi connectivity index (χ0v) is 18.2. The summed E-state index contributed by atoms with van der Waals surface area (Å²) < 4.78 is 14.5. The molecule has 0 amide bonds. The number of nitrogens with one attached hydrogen (secondary N) is 1. The van der Waals surface area contributed by atoms with Gasteiger partial charge in [0.25, 0.3) is 0 Å². The summed E-state index contributed by atoms with van der Waals surface area (Å²) in [6, 6.07) is 14.2. The van der Waals surface area contributed by atoms with Gasteiger partial charge in [0.2, 0.25) is 0 Å². The van der Waals surface area contributed by atoms with Gasteiger partial charge >= 0.3 is 0 Å². The zero-order chi connectivity index (χ0) is 18.9. The number of ether oxygens (including phenoxy) is 2. The highest BCUT2D eigenvalue weighted by atomic mass is 79.9. The van der Waals surface area contributed by atoms with E-state index in [-0.39, 0.29) is 12.4 Å². The molecule has 3 rings (SSSR count). The Labute approximate surface area is 180 Å². The molecule has 0 atom stereocenters. The van der Waals surface area contributed by atoms with Gasteiger partial charge < -0.3 is 19.4 Å². The van der Waals surface area contributed by atoms with E-state index in [1.54, 1.807) is 13.3 Å². The summed E-state index contributed by atoms with van der Waals surface area (Å²) >= 11 is 3.62. The molecule has 3 aromatic rings. The summed E-state index contributed by atoms with van der Waals surface area (Å²) in [5.41, 5.74) is 2.27. The van der Waals surface area contributed by atoms with Gasteiger partial charge in [-0.2, -0.15) is 0 Å². The molecule has 0 fully saturated rings. The third kappa shape index (κ3) is 6.55. The van der Waals surface area contributed by atoms with Gasteiger partial charge in [-0.3, -0.25) is 0 Å². The normalized spacial score (nSPS) is 10.4. The minimum atomic E-state index is 0. The molecule has 5 nitrogen and oxygen atoms in total. The number of nitrogens with zero attached hydrogens (tertiary/aromatic N) is 2. The van der Waals surface area contributed by atoms with Crippen molar-refractivity contribution in [3.05, 3.63) is 76.8 Å². The first kappa shape index (κ1) is 22.3. The van der Waals surface area contributed by atoms with Crippen LogP contribution in [-0.2, 0) is 19.7 Å². The summed E-state index contributed by atoms with van der Waals surface area (Å²) in [6.45, 7) is 3.18. The fourth-order valence-corrected chi connectivity index (χ4v) is 3.39. The number of halogens is 2. The maximum atomic E-state index is 5.98. The summed E-state index contributed by atoms with van der Waals surface area (Å²) in [5.74, 6) is 1.46. The average Bonchev–Trinajstić information content (AvgIpc) is 3.21. The van der Waals surface area contributed by atoms with E-state index in [9.17, 15) is 0 Å². The number of rotatable bonds is 10. The maximum Gasteiger partial charge on any atom is 0.175 e. The number of hydrogen-bond donors (Lipinski definition) is 1. The Morgan fingerprint density at radius 1 is 1.14 bits per heavy atom. The van der Waals surface area contributed by atoms with Gasteiger partial charge in [0, 0.05) is 25.5 Å². The number of aryl methyl sites for hydroxylation is 1. The molecular formula is C21H25BrClN3O2. The van der Waals surface area contributed by atoms with Crippen molar-refractivity contribution in [2.24, 2.45) is 0 Å². The van der Waals surface area contributed by atoms with Crippen LogP contribution in [0.5, 0.6) is 11.5 Å². The van der Waals surface area contributed by atoms with Crippen LogP contribution < -0.4 is 14.8 Å². The molecule has 7 heteroatoms. The van der Waals surface area contributed by atoms with Crippen LogP contribution in [0.4, 0.5) is 0 Å². The first-order chi connectivity index (χ1) is 13.3. The van der Waals surface area contributed by atoms with Crippen LogP contribution in [0.15, 0.2) is 65.7 Å². The Kier molecular flexibility index (Phi) is 9.34. The lowest BCUT2D eigenvalue weighted by atomic mass is 10.2. The quantitative estimate of drug-likeness (QED) is 0.435. The second kappa shape index (κ2) is 11.7. The molecule has 2 aromatic carbocycles. The molecule has 0 radical (unpaired) electrons. The SMILES string of the molecule is COc1cc(CNCCCn2ccnc2)cc(Br)c1OCc1ccccc1.Cl. The highest BCUT2D eigenvalue weighted by molar-refractivity contribution is 9.10. The fraction of sp³-hybridized carbons (Fsp3) is 0.286. The number of aromatic nitrogens is 2. The standard InChI is InChI=1S/C21H24BrN3O2.ClH/c1-26-20-13-18(14-23-8-5-10-25-11-9-24-16-25)12-19(22)21(20)27-15-17-6-3-2-4-7-17;/h2-4,6-7,9,11-13,16,23H,5,8,10,14-15H2,1H3;1H. The molecule has 0 saturated carbocycles. The van der Waals surface area contributed by atoms with Crippen LogP contribution in [0.1, 0.15) is 17.5 Å². The second-order valence-electron chi connectivity index (χ2n) is 6.21. The van der Waals surface area contributed by atoms with E-state index in [1.807, 2.05) is 48.9 Å². The van der Waals surface area contributed by atoms with E-state index in [0.717, 1.165) is 53.2 Å². The summed E-state index contributed by atoms with van der Waals surface area (Å²) in [5, 5.41) is 3.47. The molecule has 0 unspecified atom stereocenters. The highest BCUT2D eigenvalue weighted by Gasteiger charge is 2.12. The van der Waals surface area contributed by atoms with Crippen LogP contribution >= 0.6 is 28.3 Å². The van der Waals surface area contributed by atoms with E-state index in [4.69, 9.17) is 9.47 Å². The van der Waals surface area contributed by atoms with Crippen LogP contribution in [-0.4, -0.2) is 23.2 Å². The summed E-state index contributed by atoms with van der Waals surface area (Å²) in [7, 11) is 1.67. The van der Waals surface area contributed by atoms with Gasteiger partial charge in [0.05, 0.1) is 17.9 Å². The molecule has 0 saturated heterocycles. The molecular weight excluding hydrogens is 442 g/mol. The lowest BCUT2D eigenvalue weighted by Crippen LogP contribution is -2.16. The van der Waals surface area contributed by atoms with Crippen molar-refractivity contribution in [1.29, 1.82) is 0 Å². The zero-order valence-electron chi connectivity index (χ0n) is 15.8. The minimum Gasteiger partial charge on any atom is -0.493 e. The smallest absolute Gasteiger partial charge is 0.175 e. The molecule has 0 spiro atoms. The number of imidazole rings is 1. The molecule has 1 aromatic heterocycles.